The summed E-state index contributed by atoms with van der Waals surface area (Å²) in [6.45, 7) is -0.0253. The Morgan fingerprint density at radius 2 is 2.20 bits per heavy atom. The van der Waals surface area contributed by atoms with Crippen molar-refractivity contribution in [3.63, 3.8) is 0 Å². The first kappa shape index (κ1) is 12.2. The van der Waals surface area contributed by atoms with Gasteiger partial charge in [-0.2, -0.15) is 13.2 Å². The Bertz CT molecular complexity index is 312. The monoisotopic (exact) mass is 241 g/mol. The molecule has 0 saturated heterocycles. The molecule has 0 aromatic carbocycles. The standard InChI is InChI=1S/C6H10F3N5S/c1-14-5(11-12-13-14)15-4(2-3-10)6(7,8)9/h4H,2-3,10H2,1H3. The lowest BCUT2D eigenvalue weighted by atomic mass is 10.3. The van der Waals surface area contributed by atoms with Crippen LogP contribution in [-0.4, -0.2) is 38.2 Å². The fourth-order valence-electron chi connectivity index (χ4n) is 0.889. The minimum atomic E-state index is -4.30. The third kappa shape index (κ3) is 3.34. The number of hydrogen-bond donors (Lipinski definition) is 1. The van der Waals surface area contributed by atoms with E-state index in [4.69, 9.17) is 5.73 Å². The number of aryl methyl sites for hydroxylation is 1. The Morgan fingerprint density at radius 1 is 1.53 bits per heavy atom. The zero-order valence-electron chi connectivity index (χ0n) is 7.90. The average molecular weight is 241 g/mol. The smallest absolute Gasteiger partial charge is 0.330 e. The first-order chi connectivity index (χ1) is 6.95. The SMILES string of the molecule is Cn1nnnc1SC(CCN)C(F)(F)F. The zero-order chi connectivity index (χ0) is 11.5. The second-order valence-electron chi connectivity index (χ2n) is 2.81. The summed E-state index contributed by atoms with van der Waals surface area (Å²) in [4.78, 5) is 0. The van der Waals surface area contributed by atoms with Crippen molar-refractivity contribution in [3.05, 3.63) is 0 Å². The third-order valence-corrected chi connectivity index (χ3v) is 2.97. The van der Waals surface area contributed by atoms with Crippen LogP contribution >= 0.6 is 11.8 Å². The molecule has 0 fully saturated rings. The van der Waals surface area contributed by atoms with Gasteiger partial charge in [-0.3, -0.25) is 0 Å². The van der Waals surface area contributed by atoms with Crippen molar-refractivity contribution in [2.24, 2.45) is 12.8 Å². The molecule has 0 aliphatic carbocycles. The Balaban J connectivity index is 2.71. The fraction of sp³-hybridized carbons (Fsp3) is 0.833. The molecule has 15 heavy (non-hydrogen) atoms. The molecule has 1 aromatic heterocycles. The van der Waals surface area contributed by atoms with Crippen LogP contribution < -0.4 is 5.73 Å². The molecule has 1 unspecified atom stereocenters. The van der Waals surface area contributed by atoms with Crippen molar-refractivity contribution in [2.45, 2.75) is 23.0 Å². The molecule has 0 radical (unpaired) electrons. The van der Waals surface area contributed by atoms with Gasteiger partial charge in [-0.1, -0.05) is 11.8 Å². The van der Waals surface area contributed by atoms with E-state index in [2.05, 4.69) is 15.5 Å². The maximum Gasteiger partial charge on any atom is 0.401 e. The van der Waals surface area contributed by atoms with Gasteiger partial charge in [0.1, 0.15) is 5.25 Å². The average Bonchev–Trinajstić information content (AvgIpc) is 2.49. The van der Waals surface area contributed by atoms with Crippen LogP contribution in [0.15, 0.2) is 5.16 Å². The van der Waals surface area contributed by atoms with E-state index in [0.717, 1.165) is 0 Å². The third-order valence-electron chi connectivity index (χ3n) is 1.62. The number of tetrazole rings is 1. The number of alkyl halides is 3. The van der Waals surface area contributed by atoms with Gasteiger partial charge in [0, 0.05) is 7.05 Å². The fourth-order valence-corrected chi connectivity index (χ4v) is 1.80. The van der Waals surface area contributed by atoms with Gasteiger partial charge in [0.15, 0.2) is 0 Å². The van der Waals surface area contributed by atoms with Crippen LogP contribution in [0.3, 0.4) is 0 Å². The number of hydrogen-bond acceptors (Lipinski definition) is 5. The molecule has 0 amide bonds. The second kappa shape index (κ2) is 4.79. The van der Waals surface area contributed by atoms with Crippen LogP contribution in [-0.2, 0) is 7.05 Å². The Kier molecular flexibility index (Phi) is 3.91. The van der Waals surface area contributed by atoms with Gasteiger partial charge >= 0.3 is 6.18 Å². The summed E-state index contributed by atoms with van der Waals surface area (Å²) in [6.07, 6.45) is -4.45. The Hall–Kier alpha value is -0.830. The predicted molar refractivity (Wildman–Crippen MR) is 48.2 cm³/mol. The van der Waals surface area contributed by atoms with Crippen LogP contribution in [0.2, 0.25) is 0 Å². The first-order valence-electron chi connectivity index (χ1n) is 4.11. The molecule has 0 bridgehead atoms. The van der Waals surface area contributed by atoms with E-state index < -0.39 is 11.4 Å². The van der Waals surface area contributed by atoms with E-state index in [1.165, 1.54) is 11.7 Å². The highest BCUT2D eigenvalue weighted by Crippen LogP contribution is 2.35. The zero-order valence-corrected chi connectivity index (χ0v) is 8.72. The van der Waals surface area contributed by atoms with Crippen LogP contribution in [0, 0.1) is 0 Å². The summed E-state index contributed by atoms with van der Waals surface area (Å²) in [5, 5.41) is 8.75. The van der Waals surface area contributed by atoms with Crippen molar-refractivity contribution < 1.29 is 13.2 Å². The molecule has 0 saturated carbocycles. The largest absolute Gasteiger partial charge is 0.401 e. The minimum Gasteiger partial charge on any atom is -0.330 e. The molecule has 0 aliphatic rings. The maximum absolute atomic E-state index is 12.5. The predicted octanol–water partition coefficient (Wildman–Crippen LogP) is 0.582. The molecule has 1 heterocycles. The Morgan fingerprint density at radius 3 is 2.60 bits per heavy atom. The number of thioether (sulfide) groups is 1. The topological polar surface area (TPSA) is 69.6 Å². The number of rotatable bonds is 4. The maximum atomic E-state index is 12.5. The normalized spacial score (nSPS) is 14.2. The van der Waals surface area contributed by atoms with Crippen LogP contribution in [0.25, 0.3) is 0 Å². The molecule has 1 rings (SSSR count). The van der Waals surface area contributed by atoms with Gasteiger partial charge < -0.3 is 5.73 Å². The van der Waals surface area contributed by atoms with Gasteiger partial charge in [0.05, 0.1) is 0 Å². The van der Waals surface area contributed by atoms with Gasteiger partial charge in [-0.15, -0.1) is 5.10 Å². The molecule has 9 heteroatoms. The summed E-state index contributed by atoms with van der Waals surface area (Å²) in [7, 11) is 1.48. The molecule has 1 aromatic rings. The van der Waals surface area contributed by atoms with Gasteiger partial charge in [-0.05, 0) is 23.4 Å². The van der Waals surface area contributed by atoms with Crippen LogP contribution in [0.4, 0.5) is 13.2 Å². The lowest BCUT2D eigenvalue weighted by Gasteiger charge is -2.17. The lowest BCUT2D eigenvalue weighted by Crippen LogP contribution is -2.28. The summed E-state index contributed by atoms with van der Waals surface area (Å²) in [5.74, 6) is 0. The summed E-state index contributed by atoms with van der Waals surface area (Å²) >= 11 is 0.575. The van der Waals surface area contributed by atoms with Gasteiger partial charge in [-0.25, -0.2) is 4.68 Å². The molecule has 1 atom stereocenters. The molecule has 86 valence electrons. The summed E-state index contributed by atoms with van der Waals surface area (Å²) < 4.78 is 38.6. The molecular weight excluding hydrogens is 231 g/mol. The molecule has 2 N–H and O–H groups in total. The van der Waals surface area contributed by atoms with Crippen molar-refractivity contribution in [3.8, 4) is 0 Å². The molecule has 0 spiro atoms. The van der Waals surface area contributed by atoms with E-state index in [9.17, 15) is 13.2 Å². The first-order valence-corrected chi connectivity index (χ1v) is 4.99. The van der Waals surface area contributed by atoms with E-state index >= 15 is 0 Å². The van der Waals surface area contributed by atoms with Gasteiger partial charge in [0.2, 0.25) is 5.16 Å². The van der Waals surface area contributed by atoms with E-state index in [1.54, 1.807) is 0 Å². The van der Waals surface area contributed by atoms with E-state index in [1.807, 2.05) is 0 Å². The number of aromatic nitrogens is 4. The van der Waals surface area contributed by atoms with Crippen molar-refractivity contribution in [2.75, 3.05) is 6.54 Å². The number of nitrogens with two attached hydrogens (primary N) is 1. The van der Waals surface area contributed by atoms with E-state index in [-0.39, 0.29) is 18.1 Å². The lowest BCUT2D eigenvalue weighted by molar-refractivity contribution is -0.129. The quantitative estimate of drug-likeness (QED) is 0.781. The minimum absolute atomic E-state index is 0.0253. The van der Waals surface area contributed by atoms with Crippen molar-refractivity contribution in [1.29, 1.82) is 0 Å². The summed E-state index contributed by atoms with van der Waals surface area (Å²) in [5.41, 5.74) is 5.12. The molecular formula is C6H10F3N5S. The van der Waals surface area contributed by atoms with Crippen LogP contribution in [0.5, 0.6) is 0 Å². The summed E-state index contributed by atoms with van der Waals surface area (Å²) in [6, 6.07) is 0. The Labute approximate surface area is 88.2 Å². The van der Waals surface area contributed by atoms with Gasteiger partial charge in [0.25, 0.3) is 0 Å². The highest BCUT2D eigenvalue weighted by atomic mass is 32.2. The van der Waals surface area contributed by atoms with E-state index in [0.29, 0.717) is 11.8 Å². The highest BCUT2D eigenvalue weighted by Gasteiger charge is 2.40. The van der Waals surface area contributed by atoms with Crippen molar-refractivity contribution >= 4 is 11.8 Å². The number of halogens is 3. The van der Waals surface area contributed by atoms with Crippen molar-refractivity contribution in [1.82, 2.24) is 20.2 Å². The molecule has 0 aliphatic heterocycles. The molecule has 5 nitrogen and oxygen atoms in total. The van der Waals surface area contributed by atoms with Crippen LogP contribution in [0.1, 0.15) is 6.42 Å². The second-order valence-corrected chi connectivity index (χ2v) is 3.98. The number of nitrogens with zero attached hydrogens (tertiary/aromatic N) is 4. The highest BCUT2D eigenvalue weighted by molar-refractivity contribution is 7.99.